The van der Waals surface area contributed by atoms with E-state index in [2.05, 4.69) is 46.0 Å². The first-order chi connectivity index (χ1) is 11.1. The summed E-state index contributed by atoms with van der Waals surface area (Å²) in [5, 5.41) is 0. The molecule has 3 nitrogen and oxygen atoms in total. The Morgan fingerprint density at radius 2 is 1.78 bits per heavy atom. The van der Waals surface area contributed by atoms with E-state index < -0.39 is 5.82 Å². The Balaban J connectivity index is 1.67. The maximum atomic E-state index is 13.8. The minimum absolute atomic E-state index is 0.152. The predicted molar refractivity (Wildman–Crippen MR) is 93.4 cm³/mol. The van der Waals surface area contributed by atoms with E-state index in [0.717, 1.165) is 23.2 Å². The van der Waals surface area contributed by atoms with E-state index in [1.807, 2.05) is 0 Å². The van der Waals surface area contributed by atoms with Crippen molar-refractivity contribution in [1.29, 1.82) is 0 Å². The maximum absolute atomic E-state index is 13.8. The lowest BCUT2D eigenvalue weighted by Gasteiger charge is -2.36. The van der Waals surface area contributed by atoms with Crippen molar-refractivity contribution in [2.75, 3.05) is 31.1 Å². The quantitative estimate of drug-likeness (QED) is 0.794. The molecule has 2 aromatic rings. The van der Waals surface area contributed by atoms with Crippen LogP contribution < -0.4 is 4.90 Å². The first-order valence-electron chi connectivity index (χ1n) is 7.61. The molecule has 0 bridgehead atoms. The summed E-state index contributed by atoms with van der Waals surface area (Å²) in [6.45, 7) is 4.74. The maximum Gasteiger partial charge on any atom is 0.256 e. The van der Waals surface area contributed by atoms with E-state index in [-0.39, 0.29) is 11.5 Å². The Hall–Kier alpha value is -1.88. The molecular formula is C18H18BrFN2O. The Bertz CT molecular complexity index is 727. The summed E-state index contributed by atoms with van der Waals surface area (Å²) in [7, 11) is 0. The van der Waals surface area contributed by atoms with Gasteiger partial charge in [-0.3, -0.25) is 4.79 Å². The molecule has 0 radical (unpaired) electrons. The van der Waals surface area contributed by atoms with Crippen molar-refractivity contribution in [3.05, 3.63) is 63.9 Å². The molecule has 2 aromatic carbocycles. The largest absolute Gasteiger partial charge is 0.368 e. The molecule has 3 rings (SSSR count). The fourth-order valence-corrected chi connectivity index (χ4v) is 3.12. The molecule has 1 fully saturated rings. The number of nitrogens with zero attached hydrogens (tertiary/aromatic N) is 2. The van der Waals surface area contributed by atoms with Crippen molar-refractivity contribution >= 4 is 27.5 Å². The standard InChI is InChI=1S/C18H18BrFN2O/c1-13-6-7-14(12-16(13)19)21-8-10-22(11-9-21)18(23)15-4-2-3-5-17(15)20/h2-7,12H,8-11H2,1H3. The number of aryl methyl sites for hydroxylation is 1. The summed E-state index contributed by atoms with van der Waals surface area (Å²) >= 11 is 3.55. The third-order valence-electron chi connectivity index (χ3n) is 4.19. The van der Waals surface area contributed by atoms with E-state index in [1.54, 1.807) is 23.1 Å². The average molecular weight is 377 g/mol. The van der Waals surface area contributed by atoms with Crippen LogP contribution in [0.25, 0.3) is 0 Å². The van der Waals surface area contributed by atoms with Gasteiger partial charge in [0, 0.05) is 36.3 Å². The highest BCUT2D eigenvalue weighted by molar-refractivity contribution is 9.10. The Kier molecular flexibility index (Phi) is 4.66. The van der Waals surface area contributed by atoms with Crippen LogP contribution in [-0.4, -0.2) is 37.0 Å². The number of anilines is 1. The van der Waals surface area contributed by atoms with Crippen molar-refractivity contribution in [1.82, 2.24) is 4.90 Å². The fraction of sp³-hybridized carbons (Fsp3) is 0.278. The van der Waals surface area contributed by atoms with Gasteiger partial charge in [0.2, 0.25) is 0 Å². The van der Waals surface area contributed by atoms with Gasteiger partial charge in [-0.15, -0.1) is 0 Å². The first kappa shape index (κ1) is 16.0. The summed E-state index contributed by atoms with van der Waals surface area (Å²) in [6.07, 6.45) is 0. The highest BCUT2D eigenvalue weighted by Crippen LogP contribution is 2.24. The zero-order valence-electron chi connectivity index (χ0n) is 12.9. The fourth-order valence-electron chi connectivity index (χ4n) is 2.75. The van der Waals surface area contributed by atoms with Crippen LogP contribution in [0.4, 0.5) is 10.1 Å². The number of halogens is 2. The van der Waals surface area contributed by atoms with Gasteiger partial charge in [-0.1, -0.05) is 34.1 Å². The van der Waals surface area contributed by atoms with Crippen molar-refractivity contribution < 1.29 is 9.18 Å². The monoisotopic (exact) mass is 376 g/mol. The van der Waals surface area contributed by atoms with Crippen molar-refractivity contribution in [3.8, 4) is 0 Å². The summed E-state index contributed by atoms with van der Waals surface area (Å²) < 4.78 is 14.8. The van der Waals surface area contributed by atoms with E-state index in [0.29, 0.717) is 13.1 Å². The van der Waals surface area contributed by atoms with Crippen LogP contribution in [0.1, 0.15) is 15.9 Å². The molecule has 1 heterocycles. The lowest BCUT2D eigenvalue weighted by atomic mass is 10.1. The molecule has 120 valence electrons. The van der Waals surface area contributed by atoms with Gasteiger partial charge >= 0.3 is 0 Å². The molecule has 0 atom stereocenters. The van der Waals surface area contributed by atoms with Gasteiger partial charge in [0.25, 0.3) is 5.91 Å². The number of hydrogen-bond donors (Lipinski definition) is 0. The van der Waals surface area contributed by atoms with E-state index in [4.69, 9.17) is 0 Å². The van der Waals surface area contributed by atoms with Crippen LogP contribution in [0.5, 0.6) is 0 Å². The molecule has 1 amide bonds. The van der Waals surface area contributed by atoms with Crippen LogP contribution in [0, 0.1) is 12.7 Å². The van der Waals surface area contributed by atoms with Crippen molar-refractivity contribution in [2.45, 2.75) is 6.92 Å². The second-order valence-electron chi connectivity index (χ2n) is 5.69. The Morgan fingerprint density at radius 1 is 1.09 bits per heavy atom. The Morgan fingerprint density at radius 3 is 2.43 bits per heavy atom. The van der Waals surface area contributed by atoms with Crippen LogP contribution in [0.2, 0.25) is 0 Å². The molecule has 0 saturated carbocycles. The molecule has 0 spiro atoms. The number of carbonyl (C=O) groups excluding carboxylic acids is 1. The van der Waals surface area contributed by atoms with Crippen LogP contribution in [0.15, 0.2) is 46.9 Å². The molecule has 0 aliphatic carbocycles. The van der Waals surface area contributed by atoms with Gasteiger partial charge in [-0.05, 0) is 36.8 Å². The normalized spacial score (nSPS) is 14.9. The van der Waals surface area contributed by atoms with Crippen LogP contribution in [-0.2, 0) is 0 Å². The smallest absolute Gasteiger partial charge is 0.256 e. The van der Waals surface area contributed by atoms with Crippen LogP contribution in [0.3, 0.4) is 0 Å². The van der Waals surface area contributed by atoms with Gasteiger partial charge in [0.05, 0.1) is 5.56 Å². The molecule has 0 unspecified atom stereocenters. The number of carbonyl (C=O) groups is 1. The average Bonchev–Trinajstić information content (AvgIpc) is 2.57. The van der Waals surface area contributed by atoms with Gasteiger partial charge in [-0.25, -0.2) is 4.39 Å². The third-order valence-corrected chi connectivity index (χ3v) is 5.05. The first-order valence-corrected chi connectivity index (χ1v) is 8.40. The number of hydrogen-bond acceptors (Lipinski definition) is 2. The second-order valence-corrected chi connectivity index (χ2v) is 6.55. The van der Waals surface area contributed by atoms with E-state index in [9.17, 15) is 9.18 Å². The lowest BCUT2D eigenvalue weighted by Crippen LogP contribution is -2.49. The number of benzene rings is 2. The minimum Gasteiger partial charge on any atom is -0.368 e. The lowest BCUT2D eigenvalue weighted by molar-refractivity contribution is 0.0742. The minimum atomic E-state index is -0.456. The Labute approximate surface area is 143 Å². The summed E-state index contributed by atoms with van der Waals surface area (Å²) in [6, 6.07) is 12.4. The van der Waals surface area contributed by atoms with E-state index >= 15 is 0 Å². The SMILES string of the molecule is Cc1ccc(N2CCN(C(=O)c3ccccc3F)CC2)cc1Br. The zero-order valence-corrected chi connectivity index (χ0v) is 14.5. The van der Waals surface area contributed by atoms with Crippen LogP contribution >= 0.6 is 15.9 Å². The van der Waals surface area contributed by atoms with Crippen molar-refractivity contribution in [3.63, 3.8) is 0 Å². The molecule has 1 saturated heterocycles. The highest BCUT2D eigenvalue weighted by Gasteiger charge is 2.24. The van der Waals surface area contributed by atoms with Crippen molar-refractivity contribution in [2.24, 2.45) is 0 Å². The number of rotatable bonds is 2. The number of piperazine rings is 1. The highest BCUT2D eigenvalue weighted by atomic mass is 79.9. The molecule has 0 aromatic heterocycles. The van der Waals surface area contributed by atoms with Gasteiger partial charge in [0.1, 0.15) is 5.82 Å². The molecule has 1 aliphatic rings. The molecular weight excluding hydrogens is 359 g/mol. The molecule has 23 heavy (non-hydrogen) atoms. The molecule has 1 aliphatic heterocycles. The van der Waals surface area contributed by atoms with E-state index in [1.165, 1.54) is 11.6 Å². The van der Waals surface area contributed by atoms with Gasteiger partial charge in [0.15, 0.2) is 0 Å². The summed E-state index contributed by atoms with van der Waals surface area (Å²) in [5.41, 5.74) is 2.49. The topological polar surface area (TPSA) is 23.6 Å². The molecule has 5 heteroatoms. The van der Waals surface area contributed by atoms with Gasteiger partial charge < -0.3 is 9.80 Å². The summed E-state index contributed by atoms with van der Waals surface area (Å²) in [5.74, 6) is -0.685. The molecule has 0 N–H and O–H groups in total. The third kappa shape index (κ3) is 3.39. The zero-order chi connectivity index (χ0) is 16.4. The second kappa shape index (κ2) is 6.71. The predicted octanol–water partition coefficient (Wildman–Crippen LogP) is 3.86. The van der Waals surface area contributed by atoms with Gasteiger partial charge in [-0.2, -0.15) is 0 Å². The number of amides is 1. The summed E-state index contributed by atoms with van der Waals surface area (Å²) in [4.78, 5) is 16.4.